The van der Waals surface area contributed by atoms with Gasteiger partial charge in [-0.2, -0.15) is 13.1 Å². The van der Waals surface area contributed by atoms with Crippen LogP contribution in [-0.4, -0.2) is 25.0 Å². The first-order valence-electron chi connectivity index (χ1n) is 5.64. The summed E-state index contributed by atoms with van der Waals surface area (Å²) in [7, 11) is 0. The van der Waals surface area contributed by atoms with Gasteiger partial charge in [0.05, 0.1) is 0 Å². The maximum atomic E-state index is 9.28. The van der Waals surface area contributed by atoms with E-state index in [4.69, 9.17) is 11.5 Å². The molecular weight excluding hydrogens is 419 g/mol. The topological polar surface area (TPSA) is 128 Å². The molecule has 0 aliphatic heterocycles. The normalized spacial score (nSPS) is 7.78. The second-order valence-electron chi connectivity index (χ2n) is 3.13. The van der Waals surface area contributed by atoms with Gasteiger partial charge in [0.25, 0.3) is 0 Å². The van der Waals surface area contributed by atoms with E-state index in [1.807, 2.05) is 0 Å². The van der Waals surface area contributed by atoms with Crippen molar-refractivity contribution in [1.29, 1.82) is 0 Å². The molecule has 0 heterocycles. The third-order valence-corrected chi connectivity index (χ3v) is 1.35. The van der Waals surface area contributed by atoms with Gasteiger partial charge < -0.3 is 31.3 Å². The molecular formula is C11H22N2O4Pt. The molecule has 0 aromatic carbocycles. The fraction of sp³-hybridized carbons (Fsp3) is 0.818. The minimum atomic E-state index is -1.63. The summed E-state index contributed by atoms with van der Waals surface area (Å²) < 4.78 is 0. The van der Waals surface area contributed by atoms with Crippen molar-refractivity contribution in [2.24, 2.45) is 0 Å². The fourth-order valence-corrected chi connectivity index (χ4v) is 0.471. The van der Waals surface area contributed by atoms with Crippen LogP contribution in [0.4, 0.5) is 0 Å². The maximum Gasteiger partial charge on any atom is 4.00 e. The van der Waals surface area contributed by atoms with Crippen molar-refractivity contribution in [2.45, 2.75) is 46.0 Å². The average Bonchev–Trinajstić information content (AvgIpc) is 2.19. The van der Waals surface area contributed by atoms with E-state index in [1.165, 1.54) is 0 Å². The first-order valence-corrected chi connectivity index (χ1v) is 5.64. The van der Waals surface area contributed by atoms with Crippen LogP contribution in [0.1, 0.15) is 46.0 Å². The number of carboxylic acids is 2. The third-order valence-electron chi connectivity index (χ3n) is 1.35. The molecule has 18 heavy (non-hydrogen) atoms. The van der Waals surface area contributed by atoms with Gasteiger partial charge in [-0.05, 0) is 0 Å². The predicted octanol–water partition coefficient (Wildman–Crippen LogP) is 0.551. The molecule has 0 unspecified atom stereocenters. The molecule has 0 aliphatic rings. The maximum absolute atomic E-state index is 9.28. The van der Waals surface area contributed by atoms with Gasteiger partial charge in [-0.3, -0.25) is 0 Å². The molecule has 0 aliphatic carbocycles. The van der Waals surface area contributed by atoms with Crippen molar-refractivity contribution >= 4 is 11.9 Å². The Bertz CT molecular complexity index is 158. The van der Waals surface area contributed by atoms with Crippen LogP contribution in [-0.2, 0) is 30.7 Å². The van der Waals surface area contributed by atoms with Crippen LogP contribution < -0.4 is 10.2 Å². The van der Waals surface area contributed by atoms with Gasteiger partial charge in [-0.25, -0.2) is 0 Å². The molecule has 0 fully saturated rings. The Labute approximate surface area is 123 Å². The number of nitrogens with one attached hydrogen (secondary N) is 2. The average molecular weight is 441 g/mol. The molecule has 0 bridgehead atoms. The van der Waals surface area contributed by atoms with Crippen molar-refractivity contribution < 1.29 is 40.9 Å². The van der Waals surface area contributed by atoms with Gasteiger partial charge in [0, 0.05) is 18.4 Å². The monoisotopic (exact) mass is 441 g/mol. The molecule has 0 saturated heterocycles. The molecule has 7 heteroatoms. The van der Waals surface area contributed by atoms with Gasteiger partial charge in [-0.1, -0.05) is 39.5 Å². The van der Waals surface area contributed by atoms with E-state index in [-0.39, 0.29) is 21.1 Å². The van der Waals surface area contributed by atoms with E-state index < -0.39 is 18.4 Å². The molecule has 0 rings (SSSR count). The van der Waals surface area contributed by atoms with Crippen molar-refractivity contribution in [2.75, 3.05) is 13.1 Å². The van der Waals surface area contributed by atoms with Crippen molar-refractivity contribution in [3.63, 3.8) is 0 Å². The number of carboxylic acid groups (broad SMARTS) is 2. The molecule has 0 atom stereocenters. The van der Waals surface area contributed by atoms with Crippen LogP contribution >= 0.6 is 0 Å². The third kappa shape index (κ3) is 57.8. The number of carbonyl (C=O) groups excluding carboxylic acids is 2. The molecule has 2 N–H and O–H groups in total. The number of hydrogen-bond acceptors (Lipinski definition) is 4. The standard InChI is InChI=1S/2C4H10N.C3H4O4.Pt/c2*1-2-3-4-5;4-2(5)1-3(6)7;/h2*5H,2-4H2,1H3;1H2,(H,4,5)(H,6,7);/q2*-1;;+4/p-2. The van der Waals surface area contributed by atoms with E-state index in [0.29, 0.717) is 13.1 Å². The SMILES string of the molecule is CCCC[NH-].CCCC[NH-].O=C([O-])CC(=O)[O-].[Pt+4]. The zero-order valence-corrected chi connectivity index (χ0v) is 13.2. The summed E-state index contributed by atoms with van der Waals surface area (Å²) in [6, 6.07) is 0. The summed E-state index contributed by atoms with van der Waals surface area (Å²) in [5.41, 5.74) is 13.2. The van der Waals surface area contributed by atoms with E-state index in [9.17, 15) is 19.8 Å². The Hall–Kier alpha value is -0.452. The Morgan fingerprint density at radius 1 is 0.889 bits per heavy atom. The Balaban J connectivity index is -0.0000000813. The number of aliphatic carboxylic acids is 2. The number of rotatable bonds is 6. The number of carbonyl (C=O) groups is 2. The molecule has 0 saturated carbocycles. The van der Waals surface area contributed by atoms with Gasteiger partial charge in [0.2, 0.25) is 0 Å². The van der Waals surface area contributed by atoms with E-state index in [2.05, 4.69) is 13.8 Å². The first-order chi connectivity index (χ1) is 7.95. The van der Waals surface area contributed by atoms with Crippen LogP contribution in [0.3, 0.4) is 0 Å². The van der Waals surface area contributed by atoms with Crippen molar-refractivity contribution in [3.8, 4) is 0 Å². The molecule has 0 amide bonds. The van der Waals surface area contributed by atoms with E-state index in [1.54, 1.807) is 0 Å². The molecule has 6 nitrogen and oxygen atoms in total. The van der Waals surface area contributed by atoms with E-state index in [0.717, 1.165) is 25.7 Å². The second-order valence-corrected chi connectivity index (χ2v) is 3.13. The molecule has 0 aromatic heterocycles. The van der Waals surface area contributed by atoms with Gasteiger partial charge in [0.15, 0.2) is 0 Å². The summed E-state index contributed by atoms with van der Waals surface area (Å²) in [6.07, 6.45) is 3.40. The molecule has 0 spiro atoms. The Kier molecular flexibility index (Phi) is 37.0. The van der Waals surface area contributed by atoms with Gasteiger partial charge >= 0.3 is 21.1 Å². The summed E-state index contributed by atoms with van der Waals surface area (Å²) in [4.78, 5) is 18.6. The number of hydrogen-bond donors (Lipinski definition) is 0. The van der Waals surface area contributed by atoms with E-state index >= 15 is 0 Å². The summed E-state index contributed by atoms with van der Waals surface area (Å²) in [5.74, 6) is -3.25. The minimum absolute atomic E-state index is 0. The second kappa shape index (κ2) is 25.4. The number of unbranched alkanes of at least 4 members (excludes halogenated alkanes) is 2. The molecule has 0 radical (unpaired) electrons. The summed E-state index contributed by atoms with van der Waals surface area (Å²) >= 11 is 0. The zero-order chi connectivity index (χ0) is 14.1. The fourth-order valence-electron chi connectivity index (χ4n) is 0.471. The van der Waals surface area contributed by atoms with Crippen molar-refractivity contribution in [1.82, 2.24) is 0 Å². The largest absolute Gasteiger partial charge is 4.00 e. The summed E-state index contributed by atoms with van der Waals surface area (Å²) in [6.45, 7) is 5.37. The molecule has 0 aromatic rings. The van der Waals surface area contributed by atoms with Crippen LogP contribution in [0.15, 0.2) is 0 Å². The van der Waals surface area contributed by atoms with Crippen LogP contribution in [0.5, 0.6) is 0 Å². The van der Waals surface area contributed by atoms with Crippen LogP contribution in [0.2, 0.25) is 0 Å². The zero-order valence-electron chi connectivity index (χ0n) is 10.9. The van der Waals surface area contributed by atoms with Gasteiger partial charge in [-0.15, -0.1) is 0 Å². The first kappa shape index (κ1) is 26.2. The molecule has 110 valence electrons. The van der Waals surface area contributed by atoms with Crippen LogP contribution in [0.25, 0.3) is 11.5 Å². The quantitative estimate of drug-likeness (QED) is 0.558. The smallest absolute Gasteiger partial charge is 0.677 e. The Morgan fingerprint density at radius 2 is 1.17 bits per heavy atom. The van der Waals surface area contributed by atoms with Crippen molar-refractivity contribution in [3.05, 3.63) is 11.5 Å². The predicted molar refractivity (Wildman–Crippen MR) is 62.8 cm³/mol. The minimum Gasteiger partial charge on any atom is -0.677 e. The van der Waals surface area contributed by atoms with Crippen LogP contribution in [0, 0.1) is 0 Å². The Morgan fingerprint density at radius 3 is 1.17 bits per heavy atom. The summed E-state index contributed by atoms with van der Waals surface area (Å²) in [5, 5.41) is 18.6. The van der Waals surface area contributed by atoms with Gasteiger partial charge in [0.1, 0.15) is 0 Å².